The van der Waals surface area contributed by atoms with Crippen molar-refractivity contribution in [3.63, 3.8) is 0 Å². The molecule has 7 aromatic rings. The molecule has 0 unspecified atom stereocenters. The highest BCUT2D eigenvalue weighted by Crippen LogP contribution is 2.18. The first kappa shape index (κ1) is 32.0. The van der Waals surface area contributed by atoms with Crippen LogP contribution < -0.4 is 36.6 Å². The molecular formula is C42H34BBrO2Si2. The number of hydrogen-bond acceptors (Lipinski definition) is 2. The van der Waals surface area contributed by atoms with Crippen molar-refractivity contribution in [3.05, 3.63) is 211 Å². The van der Waals surface area contributed by atoms with Gasteiger partial charge < -0.3 is 8.69 Å². The van der Waals surface area contributed by atoms with Crippen molar-refractivity contribution >= 4 is 76.3 Å². The van der Waals surface area contributed by atoms with Gasteiger partial charge in [0, 0.05) is 4.47 Å². The Morgan fingerprint density at radius 3 is 0.771 bits per heavy atom. The number of rotatable bonds is 11. The van der Waals surface area contributed by atoms with E-state index in [0.29, 0.717) is 0 Å². The van der Waals surface area contributed by atoms with Gasteiger partial charge in [0.1, 0.15) is 0 Å². The Hall–Kier alpha value is -4.56. The molecule has 0 aromatic heterocycles. The molecule has 7 rings (SSSR count). The predicted molar refractivity (Wildman–Crippen MR) is 210 cm³/mol. The lowest BCUT2D eigenvalue weighted by atomic mass is 9.80. The van der Waals surface area contributed by atoms with Gasteiger partial charge in [0.25, 0.3) is 16.6 Å². The molecule has 0 saturated carbocycles. The Kier molecular flexibility index (Phi) is 9.79. The molecule has 0 amide bonds. The van der Waals surface area contributed by atoms with Crippen LogP contribution in [0.5, 0.6) is 0 Å². The first-order chi connectivity index (χ1) is 23.7. The van der Waals surface area contributed by atoms with Crippen LogP contribution in [0.15, 0.2) is 211 Å². The summed E-state index contributed by atoms with van der Waals surface area (Å²) >= 11 is 3.67. The van der Waals surface area contributed by atoms with E-state index in [4.69, 9.17) is 8.69 Å². The normalized spacial score (nSPS) is 11.6. The molecule has 0 saturated heterocycles. The van der Waals surface area contributed by atoms with Gasteiger partial charge in [-0.25, -0.2) is 0 Å². The molecule has 0 atom stereocenters. The minimum Gasteiger partial charge on any atom is -0.440 e. The van der Waals surface area contributed by atoms with Gasteiger partial charge in [0.05, 0.1) is 0 Å². The molecule has 0 fully saturated rings. The Labute approximate surface area is 294 Å². The van der Waals surface area contributed by atoms with E-state index in [1.54, 1.807) is 0 Å². The van der Waals surface area contributed by atoms with E-state index >= 15 is 0 Å². The second-order valence-electron chi connectivity index (χ2n) is 11.7. The van der Waals surface area contributed by atoms with Crippen LogP contribution in [0.3, 0.4) is 0 Å². The van der Waals surface area contributed by atoms with Crippen LogP contribution >= 0.6 is 15.9 Å². The van der Waals surface area contributed by atoms with E-state index in [9.17, 15) is 0 Å². The van der Waals surface area contributed by atoms with Gasteiger partial charge in [-0.15, -0.1) is 0 Å². The molecule has 0 radical (unpaired) electrons. The largest absolute Gasteiger partial charge is 0.473 e. The molecule has 7 aromatic carbocycles. The maximum Gasteiger partial charge on any atom is 0.473 e. The highest BCUT2D eigenvalue weighted by molar-refractivity contribution is 9.10. The maximum atomic E-state index is 7.88. The molecule has 0 aliphatic heterocycles. The first-order valence-electron chi connectivity index (χ1n) is 16.1. The van der Waals surface area contributed by atoms with Crippen LogP contribution in [0.4, 0.5) is 0 Å². The lowest BCUT2D eigenvalue weighted by Crippen LogP contribution is -2.76. The molecular weight excluding hydrogens is 683 g/mol. The molecule has 6 heteroatoms. The van der Waals surface area contributed by atoms with Crippen LogP contribution in [0.1, 0.15) is 0 Å². The van der Waals surface area contributed by atoms with Crippen LogP contribution in [0, 0.1) is 0 Å². The SMILES string of the molecule is Brc1ccc(B(O[Si](c2ccccc2)(c2ccccc2)c2ccccc2)O[Si](c2ccccc2)(c2ccccc2)c2ccccc2)cc1. The second kappa shape index (κ2) is 14.7. The molecule has 0 aliphatic carbocycles. The third-order valence-electron chi connectivity index (χ3n) is 8.79. The van der Waals surface area contributed by atoms with Crippen molar-refractivity contribution in [2.75, 3.05) is 0 Å². The highest BCUT2D eigenvalue weighted by atomic mass is 79.9. The molecule has 48 heavy (non-hydrogen) atoms. The van der Waals surface area contributed by atoms with Crippen molar-refractivity contribution in [1.29, 1.82) is 0 Å². The zero-order valence-corrected chi connectivity index (χ0v) is 30.0. The lowest BCUT2D eigenvalue weighted by Gasteiger charge is -2.40. The van der Waals surface area contributed by atoms with E-state index in [-0.39, 0.29) is 0 Å². The summed E-state index contributed by atoms with van der Waals surface area (Å²) < 4.78 is 16.8. The third-order valence-corrected chi connectivity index (χ3v) is 17.3. The summed E-state index contributed by atoms with van der Waals surface area (Å²) in [5.41, 5.74) is 0.956. The number of hydrogen-bond donors (Lipinski definition) is 0. The summed E-state index contributed by atoms with van der Waals surface area (Å²) in [7, 11) is -7.13. The lowest BCUT2D eigenvalue weighted by molar-refractivity contribution is 0.453. The standard InChI is InChI=1S/C42H34BBrO2Si2/c44-36-33-31-35(32-34-36)43(45-47(37-19-7-1-8-20-37,38-21-9-2-10-22-38)39-23-11-3-12-24-39)46-48(40-25-13-4-14-26-40,41-27-15-5-16-28-41)42-29-17-6-18-30-42/h1-34H. The Bertz CT molecular complexity index is 1700. The Balaban J connectivity index is 1.52. The van der Waals surface area contributed by atoms with Crippen LogP contribution in [0.25, 0.3) is 0 Å². The maximum absolute atomic E-state index is 7.88. The van der Waals surface area contributed by atoms with Gasteiger partial charge in [-0.2, -0.15) is 0 Å². The minimum absolute atomic E-state index is 0.724. The van der Waals surface area contributed by atoms with Crippen LogP contribution in [-0.4, -0.2) is 23.8 Å². The molecule has 0 aliphatic rings. The molecule has 0 N–H and O–H groups in total. The quantitative estimate of drug-likeness (QED) is 0.130. The van der Waals surface area contributed by atoms with Gasteiger partial charge in [-0.3, -0.25) is 0 Å². The zero-order valence-electron chi connectivity index (χ0n) is 26.4. The average molecular weight is 718 g/mol. The fourth-order valence-corrected chi connectivity index (χ4v) is 14.7. The average Bonchev–Trinajstić information content (AvgIpc) is 3.18. The van der Waals surface area contributed by atoms with Gasteiger partial charge in [0.2, 0.25) is 0 Å². The van der Waals surface area contributed by atoms with Crippen molar-refractivity contribution in [2.45, 2.75) is 0 Å². The van der Waals surface area contributed by atoms with Crippen LogP contribution in [0.2, 0.25) is 0 Å². The monoisotopic (exact) mass is 716 g/mol. The van der Waals surface area contributed by atoms with Gasteiger partial charge in [-0.05, 0) is 48.7 Å². The van der Waals surface area contributed by atoms with Crippen molar-refractivity contribution in [3.8, 4) is 0 Å². The van der Waals surface area contributed by atoms with Crippen molar-refractivity contribution in [1.82, 2.24) is 0 Å². The molecule has 0 heterocycles. The first-order valence-corrected chi connectivity index (χ1v) is 20.8. The topological polar surface area (TPSA) is 18.5 Å². The Morgan fingerprint density at radius 1 is 0.312 bits per heavy atom. The summed E-state index contributed by atoms with van der Waals surface area (Å²) in [6, 6.07) is 72.6. The van der Waals surface area contributed by atoms with E-state index in [1.165, 1.54) is 0 Å². The van der Waals surface area contributed by atoms with Crippen LogP contribution in [-0.2, 0) is 8.69 Å². The molecule has 0 bridgehead atoms. The molecule has 0 spiro atoms. The van der Waals surface area contributed by atoms with Gasteiger partial charge in [0.15, 0.2) is 0 Å². The molecule has 232 valence electrons. The number of halogens is 1. The second-order valence-corrected chi connectivity index (χ2v) is 19.3. The van der Waals surface area contributed by atoms with Crippen molar-refractivity contribution in [2.24, 2.45) is 0 Å². The van der Waals surface area contributed by atoms with Crippen molar-refractivity contribution < 1.29 is 8.69 Å². The minimum atomic E-state index is -3.20. The van der Waals surface area contributed by atoms with Gasteiger partial charge in [-0.1, -0.05) is 210 Å². The summed E-state index contributed by atoms with van der Waals surface area (Å²) in [5.74, 6) is 0. The van der Waals surface area contributed by atoms with E-state index < -0.39 is 23.8 Å². The smallest absolute Gasteiger partial charge is 0.440 e. The summed E-state index contributed by atoms with van der Waals surface area (Å²) in [6.45, 7) is 0. The third kappa shape index (κ3) is 6.33. The highest BCUT2D eigenvalue weighted by Gasteiger charge is 2.50. The summed E-state index contributed by atoms with van der Waals surface area (Å²) in [4.78, 5) is 0. The number of benzene rings is 7. The molecule has 2 nitrogen and oxygen atoms in total. The summed E-state index contributed by atoms with van der Waals surface area (Å²) in [5, 5.41) is 6.91. The zero-order chi connectivity index (χ0) is 32.7. The predicted octanol–water partition coefficient (Wildman–Crippen LogP) is 5.51. The fourth-order valence-electron chi connectivity index (χ4n) is 6.55. The Morgan fingerprint density at radius 2 is 0.542 bits per heavy atom. The van der Waals surface area contributed by atoms with E-state index in [1.807, 2.05) is 0 Å². The fraction of sp³-hybridized carbons (Fsp3) is 0. The van der Waals surface area contributed by atoms with E-state index in [0.717, 1.165) is 41.1 Å². The van der Waals surface area contributed by atoms with E-state index in [2.05, 4.69) is 222 Å². The summed E-state index contributed by atoms with van der Waals surface area (Å²) in [6.07, 6.45) is 0. The van der Waals surface area contributed by atoms with Gasteiger partial charge >= 0.3 is 7.12 Å².